The molecule has 0 spiro atoms. The molecule has 0 bridgehead atoms. The maximum atomic E-state index is 13.2. The van der Waals surface area contributed by atoms with Crippen LogP contribution in [0.3, 0.4) is 0 Å². The quantitative estimate of drug-likeness (QED) is 0.327. The van der Waals surface area contributed by atoms with Crippen LogP contribution in [0.15, 0.2) is 65.7 Å². The van der Waals surface area contributed by atoms with Gasteiger partial charge in [0.2, 0.25) is 11.8 Å². The van der Waals surface area contributed by atoms with Crippen LogP contribution in [0.2, 0.25) is 0 Å². The lowest BCUT2D eigenvalue weighted by Gasteiger charge is -2.31. The number of ether oxygens (including phenoxy) is 1. The van der Waals surface area contributed by atoms with Crippen LogP contribution in [0, 0.1) is 17.8 Å². The van der Waals surface area contributed by atoms with Gasteiger partial charge in [-0.2, -0.15) is 0 Å². The van der Waals surface area contributed by atoms with Gasteiger partial charge < -0.3 is 14.9 Å². The van der Waals surface area contributed by atoms with Gasteiger partial charge in [0.15, 0.2) is 0 Å². The van der Waals surface area contributed by atoms with Crippen molar-refractivity contribution in [1.82, 2.24) is 4.90 Å². The molecule has 5 rings (SSSR count). The Balaban J connectivity index is 1.40. The van der Waals surface area contributed by atoms with Crippen LogP contribution in [0.4, 0.5) is 0 Å². The van der Waals surface area contributed by atoms with Gasteiger partial charge in [0, 0.05) is 12.5 Å². The minimum absolute atomic E-state index is 0.0761. The number of phenols is 1. The Bertz CT molecular complexity index is 1180. The van der Waals surface area contributed by atoms with E-state index in [4.69, 9.17) is 4.74 Å². The van der Waals surface area contributed by atoms with Gasteiger partial charge in [-0.25, -0.2) is 0 Å². The molecule has 3 aliphatic rings. The number of allylic oxidation sites excluding steroid dienone is 1. The largest absolute Gasteiger partial charge is 0.508 e. The van der Waals surface area contributed by atoms with E-state index >= 15 is 0 Å². The molecule has 2 N–H and O–H groups in total. The molecule has 0 unspecified atom stereocenters. The number of hydrogen-bond acceptors (Lipinski definition) is 5. The van der Waals surface area contributed by atoms with Crippen LogP contribution in [0.25, 0.3) is 11.6 Å². The van der Waals surface area contributed by atoms with E-state index in [0.717, 1.165) is 40.7 Å². The van der Waals surface area contributed by atoms with Crippen LogP contribution in [-0.4, -0.2) is 52.8 Å². The third-order valence-corrected chi connectivity index (χ3v) is 7.79. The molecule has 2 amide bonds. The number of likely N-dealkylation sites (tertiary alicyclic amines) is 1. The lowest BCUT2D eigenvalue weighted by atomic mass is 9.69. The van der Waals surface area contributed by atoms with Crippen LogP contribution in [0.1, 0.15) is 43.7 Å². The van der Waals surface area contributed by atoms with Crippen molar-refractivity contribution in [2.45, 2.75) is 38.7 Å². The number of amides is 2. The highest BCUT2D eigenvalue weighted by atomic mass is 16.5. The van der Waals surface area contributed by atoms with E-state index in [2.05, 4.69) is 18.2 Å². The van der Waals surface area contributed by atoms with Crippen LogP contribution >= 0.6 is 0 Å². The second-order valence-electron chi connectivity index (χ2n) is 9.98. The average Bonchev–Trinajstić information content (AvgIpc) is 3.42. The van der Waals surface area contributed by atoms with Crippen LogP contribution in [0.5, 0.6) is 5.75 Å². The third kappa shape index (κ3) is 4.51. The lowest BCUT2D eigenvalue weighted by molar-refractivity contribution is -0.140. The van der Waals surface area contributed by atoms with Crippen molar-refractivity contribution < 1.29 is 24.5 Å². The number of phenolic OH excluding ortho intramolecular Hbond substituents is 1. The summed E-state index contributed by atoms with van der Waals surface area (Å²) in [4.78, 5) is 27.6. The molecule has 36 heavy (non-hydrogen) atoms. The first kappa shape index (κ1) is 24.5. The Hall–Kier alpha value is -3.22. The maximum Gasteiger partial charge on any atom is 0.233 e. The number of carbonyl (C=O) groups excluding carboxylic acids is 2. The highest BCUT2D eigenvalue weighted by molar-refractivity contribution is 6.06. The Kier molecular flexibility index (Phi) is 7.08. The first-order valence-corrected chi connectivity index (χ1v) is 12.9. The van der Waals surface area contributed by atoms with Crippen molar-refractivity contribution in [2.24, 2.45) is 17.8 Å². The highest BCUT2D eigenvalue weighted by Crippen LogP contribution is 2.49. The number of aliphatic hydroxyl groups excluding tert-OH is 1. The van der Waals surface area contributed by atoms with Gasteiger partial charge in [-0.15, -0.1) is 0 Å². The predicted octanol–water partition coefficient (Wildman–Crippen LogP) is 4.43. The third-order valence-electron chi connectivity index (χ3n) is 7.79. The molecule has 0 radical (unpaired) electrons. The van der Waals surface area contributed by atoms with E-state index in [-0.39, 0.29) is 48.0 Å². The van der Waals surface area contributed by atoms with Gasteiger partial charge >= 0.3 is 0 Å². The summed E-state index contributed by atoms with van der Waals surface area (Å²) in [5, 5.41) is 19.9. The molecule has 2 aromatic rings. The zero-order chi connectivity index (χ0) is 25.2. The van der Waals surface area contributed by atoms with Crippen molar-refractivity contribution in [1.29, 1.82) is 0 Å². The fraction of sp³-hybridized carbons (Fsp3) is 0.400. The van der Waals surface area contributed by atoms with Crippen molar-refractivity contribution in [3.8, 4) is 5.75 Å². The number of nitrogens with zero attached hydrogens (tertiary/aromatic N) is 1. The van der Waals surface area contributed by atoms with E-state index in [9.17, 15) is 19.8 Å². The molecule has 2 heterocycles. The maximum absolute atomic E-state index is 13.2. The second kappa shape index (κ2) is 10.4. The fourth-order valence-corrected chi connectivity index (χ4v) is 6.14. The van der Waals surface area contributed by atoms with E-state index in [1.165, 1.54) is 4.90 Å². The number of benzene rings is 2. The molecular weight excluding hydrogens is 454 g/mol. The molecule has 2 fully saturated rings. The Morgan fingerprint density at radius 1 is 1.06 bits per heavy atom. The summed E-state index contributed by atoms with van der Waals surface area (Å²) in [7, 11) is 0. The molecule has 2 saturated heterocycles. The van der Waals surface area contributed by atoms with Gasteiger partial charge in [0.05, 0.1) is 31.2 Å². The molecular formula is C30H33NO5. The van der Waals surface area contributed by atoms with Gasteiger partial charge in [0.25, 0.3) is 0 Å². The molecule has 6 heteroatoms. The number of aromatic hydroxyl groups is 1. The summed E-state index contributed by atoms with van der Waals surface area (Å²) in [5.74, 6) is -0.834. The van der Waals surface area contributed by atoms with E-state index < -0.39 is 0 Å². The minimum atomic E-state index is -0.378. The zero-order valence-electron chi connectivity index (χ0n) is 20.6. The summed E-state index contributed by atoms with van der Waals surface area (Å²) in [6.45, 7) is 2.72. The standard InChI is InChI=1S/C30H33NO5/c1-2-14-31-29(34)24-16-22(17-32)27-25(28(24)30(31)35)18-36-26(27)13-10-21(20-6-4-3-5-7-20)15-19-8-11-23(33)12-9-19/h3-9,11-12,15,24-26,28,32-33H,2,10,13-14,16-18H2,1H3/b21-15-/t24-,25+,26-,28-/m1/s1. The fourth-order valence-electron chi connectivity index (χ4n) is 6.14. The summed E-state index contributed by atoms with van der Waals surface area (Å²) < 4.78 is 6.26. The lowest BCUT2D eigenvalue weighted by Crippen LogP contribution is -2.35. The number of rotatable bonds is 8. The molecule has 0 aromatic heterocycles. The van der Waals surface area contributed by atoms with Crippen LogP contribution < -0.4 is 0 Å². The van der Waals surface area contributed by atoms with Crippen molar-refractivity contribution in [2.75, 3.05) is 19.8 Å². The zero-order valence-corrected chi connectivity index (χ0v) is 20.6. The first-order valence-electron chi connectivity index (χ1n) is 12.9. The minimum Gasteiger partial charge on any atom is -0.508 e. The molecule has 4 atom stereocenters. The summed E-state index contributed by atoms with van der Waals surface area (Å²) in [5.41, 5.74) is 5.17. The predicted molar refractivity (Wildman–Crippen MR) is 138 cm³/mol. The topological polar surface area (TPSA) is 87.1 Å². The number of imide groups is 1. The summed E-state index contributed by atoms with van der Waals surface area (Å²) in [6.07, 6.45) is 4.57. The molecule has 2 aliphatic heterocycles. The SMILES string of the molecule is CCCN1C(=O)[C@@H]2[C@@H](CC(CO)=C3[C@@H](CC/C(=C/c4ccc(O)cc4)c4ccccc4)OC[C@@H]32)C1=O. The Morgan fingerprint density at radius 2 is 1.81 bits per heavy atom. The average molecular weight is 488 g/mol. The second-order valence-corrected chi connectivity index (χ2v) is 9.98. The van der Waals surface area contributed by atoms with Gasteiger partial charge in [0.1, 0.15) is 5.75 Å². The summed E-state index contributed by atoms with van der Waals surface area (Å²) >= 11 is 0. The number of fused-ring (bicyclic) bond motifs is 3. The number of carbonyl (C=O) groups is 2. The van der Waals surface area contributed by atoms with Crippen LogP contribution in [-0.2, 0) is 14.3 Å². The Labute approximate surface area is 211 Å². The van der Waals surface area contributed by atoms with Crippen molar-refractivity contribution >= 4 is 23.5 Å². The molecule has 188 valence electrons. The van der Waals surface area contributed by atoms with E-state index in [1.54, 1.807) is 12.1 Å². The number of hydrogen-bond donors (Lipinski definition) is 2. The monoisotopic (exact) mass is 487 g/mol. The summed E-state index contributed by atoms with van der Waals surface area (Å²) in [6, 6.07) is 17.3. The van der Waals surface area contributed by atoms with Crippen molar-refractivity contribution in [3.05, 3.63) is 76.9 Å². The first-order chi connectivity index (χ1) is 17.5. The highest BCUT2D eigenvalue weighted by Gasteiger charge is 2.56. The normalized spacial score (nSPS) is 25.9. The van der Waals surface area contributed by atoms with Gasteiger partial charge in [-0.1, -0.05) is 55.5 Å². The van der Waals surface area contributed by atoms with Gasteiger partial charge in [-0.3, -0.25) is 14.5 Å². The molecule has 6 nitrogen and oxygen atoms in total. The van der Waals surface area contributed by atoms with Crippen molar-refractivity contribution in [3.63, 3.8) is 0 Å². The number of aliphatic hydroxyl groups is 1. The smallest absolute Gasteiger partial charge is 0.233 e. The van der Waals surface area contributed by atoms with Gasteiger partial charge in [-0.05, 0) is 65.7 Å². The molecule has 1 aliphatic carbocycles. The van der Waals surface area contributed by atoms with E-state index in [1.807, 2.05) is 37.3 Å². The molecule has 0 saturated carbocycles. The Morgan fingerprint density at radius 3 is 2.50 bits per heavy atom. The van der Waals surface area contributed by atoms with E-state index in [0.29, 0.717) is 26.0 Å². The molecule has 2 aromatic carbocycles.